The third kappa shape index (κ3) is 2.98. The Balaban J connectivity index is 1.71. The van der Waals surface area contributed by atoms with E-state index in [9.17, 15) is 4.79 Å². The molecule has 1 aliphatic rings. The summed E-state index contributed by atoms with van der Waals surface area (Å²) in [6, 6.07) is 1.78. The van der Waals surface area contributed by atoms with E-state index in [1.165, 1.54) is 4.88 Å². The third-order valence-electron chi connectivity index (χ3n) is 3.72. The molecule has 21 heavy (non-hydrogen) atoms. The van der Waals surface area contributed by atoms with Crippen molar-refractivity contribution in [3.63, 3.8) is 0 Å². The Hall–Kier alpha value is -1.73. The summed E-state index contributed by atoms with van der Waals surface area (Å²) in [6.45, 7) is 7.20. The van der Waals surface area contributed by atoms with Crippen LogP contribution in [0.3, 0.4) is 0 Å². The molecule has 0 saturated carbocycles. The average Bonchev–Trinajstić information content (AvgIpc) is 3.12. The second-order valence-electron chi connectivity index (χ2n) is 5.09. The quantitative estimate of drug-likeness (QED) is 0.907. The zero-order valence-corrected chi connectivity index (χ0v) is 13.1. The number of hydrogen-bond acceptors (Lipinski definition) is 5. The predicted molar refractivity (Wildman–Crippen MR) is 82.7 cm³/mol. The van der Waals surface area contributed by atoms with Crippen LogP contribution < -0.4 is 5.32 Å². The van der Waals surface area contributed by atoms with Crippen LogP contribution in [0.4, 0.5) is 5.13 Å². The van der Waals surface area contributed by atoms with Gasteiger partial charge in [0.2, 0.25) is 0 Å². The van der Waals surface area contributed by atoms with Gasteiger partial charge in [-0.15, -0.1) is 11.3 Å². The number of nitrogens with one attached hydrogen (secondary N) is 2. The van der Waals surface area contributed by atoms with Crippen molar-refractivity contribution in [2.24, 2.45) is 0 Å². The molecule has 1 amide bonds. The van der Waals surface area contributed by atoms with Gasteiger partial charge in [-0.1, -0.05) is 13.8 Å². The summed E-state index contributed by atoms with van der Waals surface area (Å²) in [7, 11) is 0. The van der Waals surface area contributed by atoms with Gasteiger partial charge in [-0.25, -0.2) is 4.98 Å². The lowest BCUT2D eigenvalue weighted by Gasteiger charge is -2.23. The summed E-state index contributed by atoms with van der Waals surface area (Å²) in [5.41, 5.74) is 2.49. The number of fused-ring (bicyclic) bond motifs is 1. The van der Waals surface area contributed by atoms with Crippen molar-refractivity contribution in [1.29, 1.82) is 0 Å². The SMILES string of the molecule is CCc1cc(C(=O)Nc2nc3c(s2)CN(CC)CC3)n[nH]1. The van der Waals surface area contributed by atoms with Crippen LogP contribution in [-0.4, -0.2) is 39.1 Å². The van der Waals surface area contributed by atoms with Gasteiger partial charge in [0.05, 0.1) is 5.69 Å². The van der Waals surface area contributed by atoms with Crippen LogP contribution in [0.1, 0.15) is 40.6 Å². The molecule has 112 valence electrons. The second kappa shape index (κ2) is 5.95. The van der Waals surface area contributed by atoms with E-state index < -0.39 is 0 Å². The molecular formula is C14H19N5OS. The number of aryl methyl sites for hydroxylation is 1. The van der Waals surface area contributed by atoms with Gasteiger partial charge in [-0.05, 0) is 19.0 Å². The molecular weight excluding hydrogens is 286 g/mol. The molecule has 0 aromatic carbocycles. The fourth-order valence-electron chi connectivity index (χ4n) is 2.39. The number of aromatic amines is 1. The molecule has 7 heteroatoms. The molecule has 0 bridgehead atoms. The van der Waals surface area contributed by atoms with Crippen LogP contribution in [0.15, 0.2) is 6.07 Å². The van der Waals surface area contributed by atoms with Crippen molar-refractivity contribution in [2.75, 3.05) is 18.4 Å². The molecule has 0 unspecified atom stereocenters. The van der Waals surface area contributed by atoms with Crippen molar-refractivity contribution in [3.8, 4) is 0 Å². The first kappa shape index (κ1) is 14.2. The minimum atomic E-state index is -0.204. The smallest absolute Gasteiger partial charge is 0.277 e. The van der Waals surface area contributed by atoms with E-state index in [0.29, 0.717) is 10.8 Å². The van der Waals surface area contributed by atoms with Crippen molar-refractivity contribution < 1.29 is 4.79 Å². The summed E-state index contributed by atoms with van der Waals surface area (Å²) in [5.74, 6) is -0.204. The molecule has 2 aromatic heterocycles. The van der Waals surface area contributed by atoms with Crippen molar-refractivity contribution >= 4 is 22.4 Å². The van der Waals surface area contributed by atoms with E-state index in [0.717, 1.165) is 43.9 Å². The maximum absolute atomic E-state index is 12.1. The van der Waals surface area contributed by atoms with E-state index in [4.69, 9.17) is 0 Å². The van der Waals surface area contributed by atoms with E-state index in [1.54, 1.807) is 17.4 Å². The van der Waals surface area contributed by atoms with Gasteiger partial charge in [0.15, 0.2) is 10.8 Å². The topological polar surface area (TPSA) is 73.9 Å². The zero-order valence-electron chi connectivity index (χ0n) is 12.3. The van der Waals surface area contributed by atoms with E-state index in [2.05, 4.69) is 32.3 Å². The highest BCUT2D eigenvalue weighted by molar-refractivity contribution is 7.15. The number of H-pyrrole nitrogens is 1. The molecule has 0 radical (unpaired) electrons. The first-order valence-electron chi connectivity index (χ1n) is 7.26. The van der Waals surface area contributed by atoms with Gasteiger partial charge in [0.25, 0.3) is 5.91 Å². The molecule has 0 saturated heterocycles. The van der Waals surface area contributed by atoms with Crippen LogP contribution in [0.5, 0.6) is 0 Å². The van der Waals surface area contributed by atoms with Crippen LogP contribution in [-0.2, 0) is 19.4 Å². The number of rotatable bonds is 4. The molecule has 0 fully saturated rings. The summed E-state index contributed by atoms with van der Waals surface area (Å²) in [4.78, 5) is 20.3. The number of nitrogens with zero attached hydrogens (tertiary/aromatic N) is 3. The van der Waals surface area contributed by atoms with E-state index in [1.807, 2.05) is 6.92 Å². The zero-order chi connectivity index (χ0) is 14.8. The maximum atomic E-state index is 12.1. The highest BCUT2D eigenvalue weighted by Gasteiger charge is 2.21. The second-order valence-corrected chi connectivity index (χ2v) is 6.18. The Morgan fingerprint density at radius 3 is 3.10 bits per heavy atom. The molecule has 2 N–H and O–H groups in total. The van der Waals surface area contributed by atoms with Gasteiger partial charge < -0.3 is 0 Å². The number of anilines is 1. The monoisotopic (exact) mass is 305 g/mol. The van der Waals surface area contributed by atoms with Crippen LogP contribution in [0.2, 0.25) is 0 Å². The van der Waals surface area contributed by atoms with Crippen molar-refractivity contribution in [2.45, 2.75) is 33.2 Å². The standard InChI is InChI=1S/C14H19N5OS/c1-3-9-7-11(18-17-9)13(20)16-14-15-10-5-6-19(4-2)8-12(10)21-14/h7H,3-6,8H2,1-2H3,(H,17,18)(H,15,16,20). The largest absolute Gasteiger partial charge is 0.298 e. The molecule has 0 atom stereocenters. The summed E-state index contributed by atoms with van der Waals surface area (Å²) in [5, 5.41) is 10.4. The van der Waals surface area contributed by atoms with Gasteiger partial charge in [-0.2, -0.15) is 5.10 Å². The normalized spacial score (nSPS) is 15.0. The number of hydrogen-bond donors (Lipinski definition) is 2. The van der Waals surface area contributed by atoms with Crippen LogP contribution >= 0.6 is 11.3 Å². The minimum Gasteiger partial charge on any atom is -0.298 e. The van der Waals surface area contributed by atoms with E-state index in [-0.39, 0.29) is 5.91 Å². The third-order valence-corrected chi connectivity index (χ3v) is 4.72. The lowest BCUT2D eigenvalue weighted by Crippen LogP contribution is -2.29. The lowest BCUT2D eigenvalue weighted by atomic mass is 10.2. The number of carbonyl (C=O) groups excluding carboxylic acids is 1. The van der Waals surface area contributed by atoms with Crippen LogP contribution in [0, 0.1) is 0 Å². The van der Waals surface area contributed by atoms with E-state index >= 15 is 0 Å². The van der Waals surface area contributed by atoms with Gasteiger partial charge in [-0.3, -0.25) is 20.1 Å². The Kier molecular flexibility index (Phi) is 4.03. The Morgan fingerprint density at radius 2 is 2.38 bits per heavy atom. The maximum Gasteiger partial charge on any atom is 0.277 e. The van der Waals surface area contributed by atoms with Crippen molar-refractivity contribution in [1.82, 2.24) is 20.1 Å². The molecule has 2 aromatic rings. The fourth-order valence-corrected chi connectivity index (χ4v) is 3.44. The molecule has 3 heterocycles. The average molecular weight is 305 g/mol. The molecule has 0 spiro atoms. The fraction of sp³-hybridized carbons (Fsp3) is 0.500. The molecule has 6 nitrogen and oxygen atoms in total. The van der Waals surface area contributed by atoms with Gasteiger partial charge >= 0.3 is 0 Å². The predicted octanol–water partition coefficient (Wildman–Crippen LogP) is 2.06. The lowest BCUT2D eigenvalue weighted by molar-refractivity contribution is 0.102. The Morgan fingerprint density at radius 1 is 1.52 bits per heavy atom. The summed E-state index contributed by atoms with van der Waals surface area (Å²) in [6.07, 6.45) is 1.79. The van der Waals surface area contributed by atoms with Crippen LogP contribution in [0.25, 0.3) is 0 Å². The number of amides is 1. The number of carbonyl (C=O) groups is 1. The Bertz CT molecular complexity index is 648. The Labute approximate surface area is 127 Å². The summed E-state index contributed by atoms with van der Waals surface area (Å²) >= 11 is 1.57. The minimum absolute atomic E-state index is 0.204. The highest BCUT2D eigenvalue weighted by atomic mass is 32.1. The number of likely N-dealkylation sites (N-methyl/N-ethyl adjacent to an activating group) is 1. The highest BCUT2D eigenvalue weighted by Crippen LogP contribution is 2.28. The van der Waals surface area contributed by atoms with Crippen molar-refractivity contribution in [3.05, 3.63) is 28.0 Å². The number of aromatic nitrogens is 3. The first-order valence-corrected chi connectivity index (χ1v) is 8.07. The first-order chi connectivity index (χ1) is 10.2. The number of thiazole rings is 1. The van der Waals surface area contributed by atoms with Gasteiger partial charge in [0.1, 0.15) is 0 Å². The molecule has 0 aliphatic carbocycles. The molecule has 1 aliphatic heterocycles. The summed E-state index contributed by atoms with van der Waals surface area (Å²) < 4.78 is 0. The van der Waals surface area contributed by atoms with Gasteiger partial charge in [0, 0.05) is 30.1 Å². The molecule has 3 rings (SSSR count).